The number of aryl methyl sites for hydroxylation is 1. The van der Waals surface area contributed by atoms with Gasteiger partial charge in [-0.15, -0.1) is 0 Å². The number of nitrogens with zero attached hydrogens (tertiary/aromatic N) is 3. The van der Waals surface area contributed by atoms with Crippen LogP contribution in [0.4, 0.5) is 0 Å². The summed E-state index contributed by atoms with van der Waals surface area (Å²) in [5.41, 5.74) is 1.05. The molecule has 0 aromatic carbocycles. The van der Waals surface area contributed by atoms with Crippen molar-refractivity contribution in [2.75, 3.05) is 13.7 Å². The molecule has 1 aromatic rings. The molecule has 1 aliphatic rings. The Labute approximate surface area is 113 Å². The lowest BCUT2D eigenvalue weighted by molar-refractivity contribution is -0.154. The number of rotatable bonds is 4. The molecule has 1 fully saturated rings. The third kappa shape index (κ3) is 2.96. The Morgan fingerprint density at radius 1 is 1.63 bits per heavy atom. The van der Waals surface area contributed by atoms with Crippen LogP contribution in [0.25, 0.3) is 0 Å². The first-order valence-electron chi connectivity index (χ1n) is 6.68. The fourth-order valence-corrected chi connectivity index (χ4v) is 2.64. The van der Waals surface area contributed by atoms with Crippen molar-refractivity contribution in [3.05, 3.63) is 18.0 Å². The quantitative estimate of drug-likeness (QED) is 0.800. The molecule has 19 heavy (non-hydrogen) atoms. The summed E-state index contributed by atoms with van der Waals surface area (Å²) >= 11 is 0. The molecule has 0 bridgehead atoms. The van der Waals surface area contributed by atoms with Gasteiger partial charge >= 0.3 is 5.97 Å². The van der Waals surface area contributed by atoms with Crippen molar-refractivity contribution in [2.45, 2.75) is 45.0 Å². The van der Waals surface area contributed by atoms with Gasteiger partial charge < -0.3 is 9.84 Å². The molecule has 2 rings (SSSR count). The molecule has 0 unspecified atom stereocenters. The lowest BCUT2D eigenvalue weighted by Gasteiger charge is -2.36. The second kappa shape index (κ2) is 6.16. The molecule has 6 heteroatoms. The fourth-order valence-electron chi connectivity index (χ4n) is 2.64. The normalized spacial score (nSPS) is 24.4. The highest BCUT2D eigenvalue weighted by molar-refractivity contribution is 5.76. The van der Waals surface area contributed by atoms with Crippen molar-refractivity contribution in [3.8, 4) is 0 Å². The van der Waals surface area contributed by atoms with Crippen LogP contribution in [0.15, 0.2) is 12.3 Å². The number of aromatic nitrogens is 2. The summed E-state index contributed by atoms with van der Waals surface area (Å²) in [6.07, 6.45) is 2.63. The number of carbonyl (C=O) groups excluding carboxylic acids is 1. The van der Waals surface area contributed by atoms with E-state index in [1.54, 1.807) is 6.20 Å². The van der Waals surface area contributed by atoms with E-state index >= 15 is 0 Å². The zero-order valence-corrected chi connectivity index (χ0v) is 11.5. The Morgan fingerprint density at radius 2 is 2.42 bits per heavy atom. The number of likely N-dealkylation sites (tertiary alicyclic amines) is 1. The highest BCUT2D eigenvalue weighted by Crippen LogP contribution is 2.21. The van der Waals surface area contributed by atoms with E-state index in [0.29, 0.717) is 13.0 Å². The van der Waals surface area contributed by atoms with E-state index in [-0.39, 0.29) is 5.97 Å². The Hall–Kier alpha value is -1.40. The van der Waals surface area contributed by atoms with Crippen LogP contribution in [-0.2, 0) is 22.6 Å². The standard InChI is InChI=1S/C13H21N3O3/c1-3-16-10(6-7-14-16)9-15-8-4-5-11(17)12(15)13(18)19-2/h6-7,11-12,17H,3-5,8-9H2,1-2H3/t11-,12+/m1/s1. The molecule has 106 valence electrons. The van der Waals surface area contributed by atoms with Crippen LogP contribution in [0, 0.1) is 0 Å². The maximum Gasteiger partial charge on any atom is 0.325 e. The molecule has 2 atom stereocenters. The number of aliphatic hydroxyl groups excluding tert-OH is 1. The largest absolute Gasteiger partial charge is 0.468 e. The first-order valence-corrected chi connectivity index (χ1v) is 6.68. The Morgan fingerprint density at radius 3 is 3.11 bits per heavy atom. The number of methoxy groups -OCH3 is 1. The summed E-state index contributed by atoms with van der Waals surface area (Å²) in [7, 11) is 1.36. The van der Waals surface area contributed by atoms with E-state index in [1.165, 1.54) is 7.11 Å². The van der Waals surface area contributed by atoms with Gasteiger partial charge in [0.05, 0.1) is 18.9 Å². The minimum absolute atomic E-state index is 0.366. The van der Waals surface area contributed by atoms with Gasteiger partial charge in [0.1, 0.15) is 6.04 Å². The minimum Gasteiger partial charge on any atom is -0.468 e. The van der Waals surface area contributed by atoms with E-state index in [0.717, 1.165) is 25.2 Å². The highest BCUT2D eigenvalue weighted by Gasteiger charge is 2.36. The van der Waals surface area contributed by atoms with Crippen molar-refractivity contribution >= 4 is 5.97 Å². The monoisotopic (exact) mass is 267 g/mol. The zero-order chi connectivity index (χ0) is 13.8. The van der Waals surface area contributed by atoms with Gasteiger partial charge in [-0.3, -0.25) is 14.4 Å². The molecule has 6 nitrogen and oxygen atoms in total. The highest BCUT2D eigenvalue weighted by atomic mass is 16.5. The van der Waals surface area contributed by atoms with Crippen molar-refractivity contribution in [1.82, 2.24) is 14.7 Å². The molecular formula is C13H21N3O3. The average Bonchev–Trinajstić information content (AvgIpc) is 2.85. The lowest BCUT2D eigenvalue weighted by Crippen LogP contribution is -2.52. The van der Waals surface area contributed by atoms with Gasteiger partial charge in [-0.25, -0.2) is 0 Å². The third-order valence-corrected chi connectivity index (χ3v) is 3.61. The van der Waals surface area contributed by atoms with Gasteiger partial charge in [-0.1, -0.05) is 0 Å². The topological polar surface area (TPSA) is 67.6 Å². The maximum atomic E-state index is 11.8. The van der Waals surface area contributed by atoms with E-state index in [4.69, 9.17) is 4.74 Å². The van der Waals surface area contributed by atoms with E-state index in [2.05, 4.69) is 5.10 Å². The second-order valence-corrected chi connectivity index (χ2v) is 4.79. The number of piperidine rings is 1. The molecule has 0 amide bonds. The van der Waals surface area contributed by atoms with Gasteiger partial charge in [0.25, 0.3) is 0 Å². The van der Waals surface area contributed by atoms with Gasteiger partial charge in [-0.05, 0) is 32.4 Å². The van der Waals surface area contributed by atoms with Crippen LogP contribution in [0.3, 0.4) is 0 Å². The molecule has 0 saturated carbocycles. The van der Waals surface area contributed by atoms with Crippen molar-refractivity contribution in [2.24, 2.45) is 0 Å². The summed E-state index contributed by atoms with van der Waals surface area (Å²) < 4.78 is 6.70. The van der Waals surface area contributed by atoms with Crippen LogP contribution in [0.1, 0.15) is 25.5 Å². The molecule has 2 heterocycles. The predicted octanol–water partition coefficient (Wildman–Crippen LogP) is 0.401. The Kier molecular flexibility index (Phi) is 4.55. The molecule has 0 spiro atoms. The SMILES string of the molecule is CCn1nccc1CN1CCC[C@@H](O)[C@H]1C(=O)OC. The molecule has 0 radical (unpaired) electrons. The lowest BCUT2D eigenvalue weighted by atomic mass is 9.98. The maximum absolute atomic E-state index is 11.8. The zero-order valence-electron chi connectivity index (χ0n) is 11.5. The van der Waals surface area contributed by atoms with Gasteiger partial charge in [0, 0.05) is 19.3 Å². The summed E-state index contributed by atoms with van der Waals surface area (Å²) in [5, 5.41) is 14.3. The van der Waals surface area contributed by atoms with E-state index in [1.807, 2.05) is 22.6 Å². The fraction of sp³-hybridized carbons (Fsp3) is 0.692. The minimum atomic E-state index is -0.654. The number of hydrogen-bond donors (Lipinski definition) is 1. The molecule has 1 aliphatic heterocycles. The van der Waals surface area contributed by atoms with Gasteiger partial charge in [0.2, 0.25) is 0 Å². The molecule has 1 saturated heterocycles. The van der Waals surface area contributed by atoms with Crippen LogP contribution in [0.2, 0.25) is 0 Å². The number of ether oxygens (including phenoxy) is 1. The van der Waals surface area contributed by atoms with Gasteiger partial charge in [0.15, 0.2) is 0 Å². The Bertz CT molecular complexity index is 433. The van der Waals surface area contributed by atoms with Crippen molar-refractivity contribution in [3.63, 3.8) is 0 Å². The molecular weight excluding hydrogens is 246 g/mol. The van der Waals surface area contributed by atoms with E-state index in [9.17, 15) is 9.90 Å². The molecule has 1 aromatic heterocycles. The Balaban J connectivity index is 2.14. The van der Waals surface area contributed by atoms with Crippen LogP contribution >= 0.6 is 0 Å². The number of aliphatic hydroxyl groups is 1. The third-order valence-electron chi connectivity index (χ3n) is 3.61. The second-order valence-electron chi connectivity index (χ2n) is 4.79. The van der Waals surface area contributed by atoms with Crippen molar-refractivity contribution < 1.29 is 14.6 Å². The molecule has 0 aliphatic carbocycles. The van der Waals surface area contributed by atoms with Gasteiger partial charge in [-0.2, -0.15) is 5.10 Å². The number of hydrogen-bond acceptors (Lipinski definition) is 5. The summed E-state index contributed by atoms with van der Waals surface area (Å²) in [6.45, 7) is 4.21. The number of esters is 1. The summed E-state index contributed by atoms with van der Waals surface area (Å²) in [4.78, 5) is 13.8. The van der Waals surface area contributed by atoms with Crippen LogP contribution in [-0.4, -0.2) is 51.6 Å². The molecule has 1 N–H and O–H groups in total. The van der Waals surface area contributed by atoms with E-state index < -0.39 is 12.1 Å². The van der Waals surface area contributed by atoms with Crippen LogP contribution < -0.4 is 0 Å². The average molecular weight is 267 g/mol. The van der Waals surface area contributed by atoms with Crippen LogP contribution in [0.5, 0.6) is 0 Å². The first-order chi connectivity index (χ1) is 9.17. The number of carbonyl (C=O) groups is 1. The van der Waals surface area contributed by atoms with Crippen molar-refractivity contribution in [1.29, 1.82) is 0 Å². The first kappa shape index (κ1) is 14.0. The smallest absolute Gasteiger partial charge is 0.325 e. The summed E-state index contributed by atoms with van der Waals surface area (Å²) in [5.74, 6) is -0.366. The predicted molar refractivity (Wildman–Crippen MR) is 69.4 cm³/mol. The summed E-state index contributed by atoms with van der Waals surface area (Å²) in [6, 6.07) is 1.37.